The summed E-state index contributed by atoms with van der Waals surface area (Å²) in [6, 6.07) is 34.2. The molecule has 1 amide bonds. The highest BCUT2D eigenvalue weighted by Crippen LogP contribution is 2.43. The molecule has 43 heavy (non-hydrogen) atoms. The van der Waals surface area contributed by atoms with E-state index in [1.807, 2.05) is 97.1 Å². The standard InChI is InChI=1S/C33H31N5O4S/c1-22-29(21-43-33-35-36-37-38(33)28-13-6-3-7-14-28)41-32(42-30(22)24-17-15-23(20-39)16-18-24)26-11-8-12-27(19-26)34-31(40)25-9-4-2-5-10-25/h2-19,22,29-30,32,39H,20-21H2,1H3,(H,34,40). The lowest BCUT2D eigenvalue weighted by Crippen LogP contribution is -2.38. The predicted molar refractivity (Wildman–Crippen MR) is 164 cm³/mol. The minimum Gasteiger partial charge on any atom is -0.392 e. The number of anilines is 1. The third-order valence-corrected chi connectivity index (χ3v) is 8.40. The molecule has 0 radical (unpaired) electrons. The first-order valence-corrected chi connectivity index (χ1v) is 15.0. The summed E-state index contributed by atoms with van der Waals surface area (Å²) in [4.78, 5) is 12.8. The van der Waals surface area contributed by atoms with E-state index in [1.54, 1.807) is 16.8 Å². The van der Waals surface area contributed by atoms with Gasteiger partial charge < -0.3 is 19.9 Å². The Morgan fingerprint density at radius 1 is 0.907 bits per heavy atom. The van der Waals surface area contributed by atoms with Gasteiger partial charge >= 0.3 is 0 Å². The number of nitrogens with zero attached hydrogens (tertiary/aromatic N) is 4. The minimum atomic E-state index is -0.678. The minimum absolute atomic E-state index is 0.00857. The van der Waals surface area contributed by atoms with Gasteiger partial charge in [0.05, 0.1) is 24.5 Å². The van der Waals surface area contributed by atoms with Crippen LogP contribution in [0.15, 0.2) is 114 Å². The third-order valence-electron chi connectivity index (χ3n) is 7.39. The quantitative estimate of drug-likeness (QED) is 0.201. The van der Waals surface area contributed by atoms with Crippen molar-refractivity contribution in [3.05, 3.63) is 131 Å². The molecule has 4 unspecified atom stereocenters. The Morgan fingerprint density at radius 2 is 1.65 bits per heavy atom. The molecule has 2 heterocycles. The van der Waals surface area contributed by atoms with E-state index in [0.29, 0.717) is 22.2 Å². The molecule has 4 aromatic carbocycles. The number of thioether (sulfide) groups is 1. The fraction of sp³-hybridized carbons (Fsp3) is 0.212. The van der Waals surface area contributed by atoms with Crippen LogP contribution in [0.5, 0.6) is 0 Å². The van der Waals surface area contributed by atoms with Crippen LogP contribution in [0.3, 0.4) is 0 Å². The molecule has 1 aliphatic rings. The molecule has 0 aliphatic carbocycles. The fourth-order valence-electron chi connectivity index (χ4n) is 5.02. The summed E-state index contributed by atoms with van der Waals surface area (Å²) < 4.78 is 14.9. The lowest BCUT2D eigenvalue weighted by atomic mass is 9.91. The molecule has 4 atom stereocenters. The number of aromatic nitrogens is 4. The van der Waals surface area contributed by atoms with E-state index in [2.05, 4.69) is 27.8 Å². The van der Waals surface area contributed by atoms with Crippen molar-refractivity contribution in [1.82, 2.24) is 20.2 Å². The van der Waals surface area contributed by atoms with E-state index in [4.69, 9.17) is 9.47 Å². The van der Waals surface area contributed by atoms with Gasteiger partial charge in [-0.3, -0.25) is 4.79 Å². The lowest BCUT2D eigenvalue weighted by molar-refractivity contribution is -0.268. The first-order valence-electron chi connectivity index (χ1n) is 14.0. The molecule has 1 saturated heterocycles. The van der Waals surface area contributed by atoms with Crippen molar-refractivity contribution in [2.24, 2.45) is 5.92 Å². The number of ether oxygens (including phenoxy) is 2. The van der Waals surface area contributed by atoms with Crippen LogP contribution in [-0.4, -0.2) is 43.1 Å². The number of carbonyl (C=O) groups is 1. The van der Waals surface area contributed by atoms with Crippen molar-refractivity contribution < 1.29 is 19.4 Å². The number of hydrogen-bond donors (Lipinski definition) is 2. The predicted octanol–water partition coefficient (Wildman–Crippen LogP) is 5.99. The van der Waals surface area contributed by atoms with E-state index in [0.717, 1.165) is 22.4 Å². The number of amides is 1. The number of nitrogens with one attached hydrogen (secondary N) is 1. The molecule has 9 nitrogen and oxygen atoms in total. The maximum Gasteiger partial charge on any atom is 0.255 e. The molecule has 2 N–H and O–H groups in total. The van der Waals surface area contributed by atoms with Gasteiger partial charge in [0.15, 0.2) is 6.29 Å². The number of hydrogen-bond acceptors (Lipinski definition) is 8. The normalized spacial score (nSPS) is 20.0. The molecular weight excluding hydrogens is 562 g/mol. The first kappa shape index (κ1) is 28.8. The molecule has 10 heteroatoms. The maximum absolute atomic E-state index is 12.8. The summed E-state index contributed by atoms with van der Waals surface area (Å²) in [6.07, 6.45) is -1.16. The summed E-state index contributed by atoms with van der Waals surface area (Å²) in [5.74, 6) is 0.388. The SMILES string of the molecule is CC1C(CSc2nnnn2-c2ccccc2)OC(c2cccc(NC(=O)c3ccccc3)c2)OC1c1ccc(CO)cc1. The number of aliphatic hydroxyl groups is 1. The Balaban J connectivity index is 1.25. The molecule has 218 valence electrons. The zero-order valence-corrected chi connectivity index (χ0v) is 24.3. The van der Waals surface area contributed by atoms with Crippen molar-refractivity contribution >= 4 is 23.4 Å². The van der Waals surface area contributed by atoms with Crippen LogP contribution in [0.25, 0.3) is 5.69 Å². The Morgan fingerprint density at radius 3 is 2.40 bits per heavy atom. The number of rotatable bonds is 9. The molecule has 1 aliphatic heterocycles. The number of carbonyl (C=O) groups excluding carboxylic acids is 1. The molecule has 6 rings (SSSR count). The largest absolute Gasteiger partial charge is 0.392 e. The van der Waals surface area contributed by atoms with Gasteiger partial charge in [0, 0.05) is 28.5 Å². The highest BCUT2D eigenvalue weighted by molar-refractivity contribution is 7.99. The van der Waals surface area contributed by atoms with Crippen LogP contribution >= 0.6 is 11.8 Å². The molecule has 5 aromatic rings. The Bertz CT molecular complexity index is 1650. The van der Waals surface area contributed by atoms with Crippen molar-refractivity contribution in [1.29, 1.82) is 0 Å². The number of tetrazole rings is 1. The Kier molecular flexibility index (Phi) is 8.90. The molecule has 1 aromatic heterocycles. The van der Waals surface area contributed by atoms with Crippen LogP contribution < -0.4 is 5.32 Å². The second-order valence-electron chi connectivity index (χ2n) is 10.3. The van der Waals surface area contributed by atoms with Gasteiger partial charge in [0.2, 0.25) is 5.16 Å². The Hall–Kier alpha value is -4.35. The van der Waals surface area contributed by atoms with E-state index < -0.39 is 6.29 Å². The van der Waals surface area contributed by atoms with E-state index in [1.165, 1.54) is 11.8 Å². The summed E-state index contributed by atoms with van der Waals surface area (Å²) in [6.45, 7) is 2.09. The van der Waals surface area contributed by atoms with E-state index in [-0.39, 0.29) is 30.6 Å². The van der Waals surface area contributed by atoms with Crippen LogP contribution in [0.4, 0.5) is 5.69 Å². The average Bonchev–Trinajstić information content (AvgIpc) is 3.54. The third kappa shape index (κ3) is 6.68. The maximum atomic E-state index is 12.8. The molecule has 0 bridgehead atoms. The zero-order chi connectivity index (χ0) is 29.6. The summed E-state index contributed by atoms with van der Waals surface area (Å²) in [5.41, 5.74) is 4.73. The Labute approximate surface area is 253 Å². The van der Waals surface area contributed by atoms with Gasteiger partial charge in [-0.1, -0.05) is 91.5 Å². The number of aliphatic hydroxyl groups excluding tert-OH is 1. The first-order chi connectivity index (χ1) is 21.1. The van der Waals surface area contributed by atoms with Crippen molar-refractivity contribution in [3.63, 3.8) is 0 Å². The van der Waals surface area contributed by atoms with Crippen LogP contribution in [0, 0.1) is 5.92 Å². The van der Waals surface area contributed by atoms with Gasteiger partial charge in [0.1, 0.15) is 0 Å². The summed E-state index contributed by atoms with van der Waals surface area (Å²) in [5, 5.41) is 25.5. The zero-order valence-electron chi connectivity index (χ0n) is 23.5. The van der Waals surface area contributed by atoms with E-state index >= 15 is 0 Å². The van der Waals surface area contributed by atoms with Gasteiger partial charge in [-0.05, 0) is 58.0 Å². The van der Waals surface area contributed by atoms with Crippen LogP contribution in [0.2, 0.25) is 0 Å². The average molecular weight is 594 g/mol. The molecule has 0 spiro atoms. The molecular formula is C33H31N5O4S. The number of para-hydroxylation sites is 1. The summed E-state index contributed by atoms with van der Waals surface area (Å²) >= 11 is 1.52. The van der Waals surface area contributed by atoms with Gasteiger partial charge in [0.25, 0.3) is 5.91 Å². The lowest BCUT2D eigenvalue weighted by Gasteiger charge is -2.41. The number of benzene rings is 4. The van der Waals surface area contributed by atoms with Gasteiger partial charge in [-0.2, -0.15) is 4.68 Å². The summed E-state index contributed by atoms with van der Waals surface area (Å²) in [7, 11) is 0. The molecule has 1 fully saturated rings. The van der Waals surface area contributed by atoms with Crippen LogP contribution in [-0.2, 0) is 16.1 Å². The molecule has 0 saturated carbocycles. The van der Waals surface area contributed by atoms with Crippen molar-refractivity contribution in [3.8, 4) is 5.69 Å². The second-order valence-corrected chi connectivity index (χ2v) is 11.3. The van der Waals surface area contributed by atoms with Crippen LogP contribution in [0.1, 0.15) is 46.4 Å². The van der Waals surface area contributed by atoms with Crippen molar-refractivity contribution in [2.45, 2.75) is 37.2 Å². The smallest absolute Gasteiger partial charge is 0.255 e. The highest BCUT2D eigenvalue weighted by Gasteiger charge is 2.38. The highest BCUT2D eigenvalue weighted by atomic mass is 32.2. The van der Waals surface area contributed by atoms with E-state index in [9.17, 15) is 9.90 Å². The van der Waals surface area contributed by atoms with Gasteiger partial charge in [-0.15, -0.1) is 5.10 Å². The topological polar surface area (TPSA) is 111 Å². The van der Waals surface area contributed by atoms with Gasteiger partial charge in [-0.25, -0.2) is 0 Å². The fourth-order valence-corrected chi connectivity index (χ4v) is 6.08. The van der Waals surface area contributed by atoms with Crippen molar-refractivity contribution in [2.75, 3.05) is 11.1 Å². The second kappa shape index (κ2) is 13.3. The monoisotopic (exact) mass is 593 g/mol.